The van der Waals surface area contributed by atoms with E-state index in [1.54, 1.807) is 0 Å². The molecule has 17 heavy (non-hydrogen) atoms. The van der Waals surface area contributed by atoms with Crippen LogP contribution in [0.5, 0.6) is 0 Å². The first-order chi connectivity index (χ1) is 7.59. The number of benzene rings is 1. The lowest BCUT2D eigenvalue weighted by Crippen LogP contribution is -2.31. The van der Waals surface area contributed by atoms with Gasteiger partial charge in [-0.3, -0.25) is 0 Å². The molecular formula is C8H3BrF7N. The molecule has 0 saturated heterocycles. The summed E-state index contributed by atoms with van der Waals surface area (Å²) in [5, 5.41) is 0. The summed E-state index contributed by atoms with van der Waals surface area (Å²) in [6, 6.07) is -3.09. The van der Waals surface area contributed by atoms with Gasteiger partial charge in [-0.1, -0.05) is 0 Å². The molecule has 0 spiro atoms. The molecule has 0 radical (unpaired) electrons. The molecule has 0 bridgehead atoms. The Morgan fingerprint density at radius 1 is 0.882 bits per heavy atom. The van der Waals surface area contributed by atoms with E-state index in [0.717, 1.165) is 0 Å². The zero-order valence-electron chi connectivity index (χ0n) is 7.68. The molecule has 0 saturated carbocycles. The summed E-state index contributed by atoms with van der Waals surface area (Å²) in [6.45, 7) is 0. The third-order valence-electron chi connectivity index (χ3n) is 1.91. The van der Waals surface area contributed by atoms with Crippen LogP contribution in [0.4, 0.5) is 30.7 Å². The molecule has 1 aromatic carbocycles. The Morgan fingerprint density at radius 2 is 1.35 bits per heavy atom. The molecule has 0 unspecified atom stereocenters. The van der Waals surface area contributed by atoms with Crippen molar-refractivity contribution in [2.75, 3.05) is 0 Å². The Morgan fingerprint density at radius 3 is 1.76 bits per heavy atom. The van der Waals surface area contributed by atoms with Crippen molar-refractivity contribution in [3.05, 3.63) is 33.3 Å². The summed E-state index contributed by atoms with van der Waals surface area (Å²) in [7, 11) is 0. The second-order valence-corrected chi connectivity index (χ2v) is 3.80. The van der Waals surface area contributed by atoms with E-state index < -0.39 is 45.5 Å². The molecule has 0 amide bonds. The smallest absolute Gasteiger partial charge is 0.316 e. The molecule has 0 aliphatic carbocycles. The Hall–Kier alpha value is -0.830. The summed E-state index contributed by atoms with van der Waals surface area (Å²) < 4.78 is 87.1. The maximum Gasteiger partial charge on any atom is 0.407 e. The fraction of sp³-hybridized carbons (Fsp3) is 0.250. The van der Waals surface area contributed by atoms with Gasteiger partial charge in [0.1, 0.15) is 11.9 Å². The third kappa shape index (κ3) is 2.39. The van der Waals surface area contributed by atoms with E-state index in [1.165, 1.54) is 0 Å². The predicted molar refractivity (Wildman–Crippen MR) is 47.0 cm³/mol. The minimum atomic E-state index is -5.19. The monoisotopic (exact) mass is 325 g/mol. The average Bonchev–Trinajstić information content (AvgIpc) is 2.22. The zero-order valence-corrected chi connectivity index (χ0v) is 9.26. The van der Waals surface area contributed by atoms with Gasteiger partial charge in [-0.05, 0) is 15.9 Å². The second-order valence-electron chi connectivity index (χ2n) is 3.00. The SMILES string of the molecule is N[C@H](c1c(F)c(F)c(F)c(Br)c1F)C(F)(F)F. The minimum Gasteiger partial charge on any atom is -0.316 e. The summed E-state index contributed by atoms with van der Waals surface area (Å²) >= 11 is 2.17. The summed E-state index contributed by atoms with van der Waals surface area (Å²) in [4.78, 5) is 0. The van der Waals surface area contributed by atoms with E-state index >= 15 is 0 Å². The predicted octanol–water partition coefficient (Wildman–Crippen LogP) is 3.57. The van der Waals surface area contributed by atoms with Gasteiger partial charge in [0, 0.05) is 0 Å². The van der Waals surface area contributed by atoms with Gasteiger partial charge in [-0.25, -0.2) is 17.6 Å². The third-order valence-corrected chi connectivity index (χ3v) is 2.60. The molecule has 0 aliphatic heterocycles. The van der Waals surface area contributed by atoms with Crippen LogP contribution in [-0.4, -0.2) is 6.18 Å². The molecular weight excluding hydrogens is 323 g/mol. The molecule has 9 heteroatoms. The number of rotatable bonds is 1. The van der Waals surface area contributed by atoms with Gasteiger partial charge < -0.3 is 5.73 Å². The first-order valence-corrected chi connectivity index (χ1v) is 4.72. The van der Waals surface area contributed by atoms with Crippen molar-refractivity contribution in [2.24, 2.45) is 5.73 Å². The average molecular weight is 326 g/mol. The van der Waals surface area contributed by atoms with E-state index in [4.69, 9.17) is 0 Å². The summed E-state index contributed by atoms with van der Waals surface area (Å²) in [5.41, 5.74) is 2.77. The number of hydrogen-bond donors (Lipinski definition) is 1. The normalized spacial score (nSPS) is 13.9. The van der Waals surface area contributed by atoms with Gasteiger partial charge in [0.15, 0.2) is 17.5 Å². The highest BCUT2D eigenvalue weighted by atomic mass is 79.9. The van der Waals surface area contributed by atoms with Crippen molar-refractivity contribution in [3.8, 4) is 0 Å². The van der Waals surface area contributed by atoms with Crippen LogP contribution in [-0.2, 0) is 0 Å². The van der Waals surface area contributed by atoms with Gasteiger partial charge >= 0.3 is 6.18 Å². The minimum absolute atomic E-state index is 1.24. The molecule has 0 fully saturated rings. The highest BCUT2D eigenvalue weighted by Crippen LogP contribution is 2.37. The topological polar surface area (TPSA) is 26.0 Å². The van der Waals surface area contributed by atoms with E-state index in [1.807, 2.05) is 0 Å². The van der Waals surface area contributed by atoms with E-state index in [9.17, 15) is 30.7 Å². The Labute approximate surface area is 98.5 Å². The van der Waals surface area contributed by atoms with E-state index in [0.29, 0.717) is 0 Å². The molecule has 1 atom stereocenters. The quantitative estimate of drug-likeness (QED) is 0.477. The molecule has 0 aromatic heterocycles. The molecule has 0 heterocycles. The Balaban J connectivity index is 3.55. The Bertz CT molecular complexity index is 427. The van der Waals surface area contributed by atoms with Crippen molar-refractivity contribution in [2.45, 2.75) is 12.2 Å². The zero-order chi connectivity index (χ0) is 13.5. The number of halogens is 8. The lowest BCUT2D eigenvalue weighted by atomic mass is 10.1. The fourth-order valence-corrected chi connectivity index (χ4v) is 1.45. The van der Waals surface area contributed by atoms with Crippen LogP contribution in [0.2, 0.25) is 0 Å². The van der Waals surface area contributed by atoms with Crippen molar-refractivity contribution in [3.63, 3.8) is 0 Å². The highest BCUT2D eigenvalue weighted by molar-refractivity contribution is 9.10. The molecule has 2 N–H and O–H groups in total. The van der Waals surface area contributed by atoms with Crippen LogP contribution in [0, 0.1) is 23.3 Å². The van der Waals surface area contributed by atoms with Crippen LogP contribution in [0.1, 0.15) is 11.6 Å². The maximum absolute atomic E-state index is 13.2. The fourth-order valence-electron chi connectivity index (χ4n) is 1.06. The molecule has 0 aliphatic rings. The van der Waals surface area contributed by atoms with Crippen LogP contribution in [0.3, 0.4) is 0 Å². The second kappa shape index (κ2) is 4.45. The first kappa shape index (κ1) is 14.2. The van der Waals surface area contributed by atoms with Crippen LogP contribution in [0.25, 0.3) is 0 Å². The maximum atomic E-state index is 13.2. The van der Waals surface area contributed by atoms with Crippen LogP contribution < -0.4 is 5.73 Å². The highest BCUT2D eigenvalue weighted by Gasteiger charge is 2.43. The molecule has 1 rings (SSSR count). The van der Waals surface area contributed by atoms with Crippen LogP contribution >= 0.6 is 15.9 Å². The van der Waals surface area contributed by atoms with Gasteiger partial charge in [0.2, 0.25) is 0 Å². The standard InChI is InChI=1S/C8H3BrF7N/c9-2-3(10)1(7(17)8(14,15)16)4(11)6(13)5(2)12/h7H,17H2/t7-/m1/s1. The first-order valence-electron chi connectivity index (χ1n) is 3.92. The molecule has 1 nitrogen and oxygen atoms in total. The van der Waals surface area contributed by atoms with Crippen molar-refractivity contribution >= 4 is 15.9 Å². The summed E-state index contributed by atoms with van der Waals surface area (Å²) in [6.07, 6.45) is -5.19. The van der Waals surface area contributed by atoms with E-state index in [2.05, 4.69) is 21.7 Å². The molecule has 96 valence electrons. The number of alkyl halides is 3. The van der Waals surface area contributed by atoms with Gasteiger partial charge in [-0.15, -0.1) is 0 Å². The lowest BCUT2D eigenvalue weighted by molar-refractivity contribution is -0.150. The number of hydrogen-bond acceptors (Lipinski definition) is 1. The van der Waals surface area contributed by atoms with Gasteiger partial charge in [0.05, 0.1) is 10.0 Å². The van der Waals surface area contributed by atoms with Gasteiger partial charge in [0.25, 0.3) is 0 Å². The van der Waals surface area contributed by atoms with Gasteiger partial charge in [-0.2, -0.15) is 13.2 Å². The van der Waals surface area contributed by atoms with Crippen molar-refractivity contribution in [1.82, 2.24) is 0 Å². The lowest BCUT2D eigenvalue weighted by Gasteiger charge is -2.18. The molecule has 1 aromatic rings. The summed E-state index contributed by atoms with van der Waals surface area (Å²) in [5.74, 6) is -8.41. The van der Waals surface area contributed by atoms with Crippen molar-refractivity contribution in [1.29, 1.82) is 0 Å². The van der Waals surface area contributed by atoms with E-state index in [-0.39, 0.29) is 0 Å². The van der Waals surface area contributed by atoms with Crippen molar-refractivity contribution < 1.29 is 30.7 Å². The number of nitrogens with two attached hydrogens (primary N) is 1. The van der Waals surface area contributed by atoms with Crippen LogP contribution in [0.15, 0.2) is 4.47 Å². The largest absolute Gasteiger partial charge is 0.407 e. The Kier molecular flexibility index (Phi) is 3.72.